The van der Waals surface area contributed by atoms with Crippen LogP contribution in [0.5, 0.6) is 0 Å². The molecular formula is C4H2IN3O4. The van der Waals surface area contributed by atoms with E-state index in [0.717, 1.165) is 0 Å². The summed E-state index contributed by atoms with van der Waals surface area (Å²) in [5.41, 5.74) is -0.331. The van der Waals surface area contributed by atoms with Gasteiger partial charge >= 0.3 is 11.8 Å². The molecule has 0 fully saturated rings. The Morgan fingerprint density at radius 2 is 2.33 bits per heavy atom. The minimum atomic E-state index is -1.29. The number of aromatic carboxylic acids is 1. The molecule has 1 rings (SSSR count). The van der Waals surface area contributed by atoms with Crippen LogP contribution in [0.25, 0.3) is 0 Å². The first-order valence-electron chi connectivity index (χ1n) is 2.65. The summed E-state index contributed by atoms with van der Waals surface area (Å²) in [6.45, 7) is 0. The second kappa shape index (κ2) is 3.05. The highest BCUT2D eigenvalue weighted by Gasteiger charge is 2.23. The number of halogens is 1. The van der Waals surface area contributed by atoms with Crippen molar-refractivity contribution in [2.45, 2.75) is 0 Å². The van der Waals surface area contributed by atoms with Crippen molar-refractivity contribution >= 4 is 34.4 Å². The quantitative estimate of drug-likeness (QED) is 0.469. The number of hydrogen-bond donors (Lipinski definition) is 2. The number of carboxylic acids is 1. The van der Waals surface area contributed by atoms with Gasteiger partial charge in [-0.05, 0) is 27.5 Å². The van der Waals surface area contributed by atoms with E-state index in [1.54, 1.807) is 22.6 Å². The Balaban J connectivity index is 3.22. The normalized spacial score (nSPS) is 9.75. The molecular weight excluding hydrogens is 281 g/mol. The molecule has 0 atom stereocenters. The van der Waals surface area contributed by atoms with Crippen LogP contribution in [0.3, 0.4) is 0 Å². The maximum absolute atomic E-state index is 10.3. The summed E-state index contributed by atoms with van der Waals surface area (Å²) in [6.07, 6.45) is 0. The number of H-pyrrole nitrogens is 1. The number of nitrogens with one attached hydrogen (secondary N) is 1. The van der Waals surface area contributed by atoms with Crippen LogP contribution in [-0.4, -0.2) is 26.2 Å². The summed E-state index contributed by atoms with van der Waals surface area (Å²) in [6, 6.07) is 0. The van der Waals surface area contributed by atoms with E-state index in [0.29, 0.717) is 0 Å². The summed E-state index contributed by atoms with van der Waals surface area (Å²) >= 11 is 1.55. The van der Waals surface area contributed by atoms with Gasteiger partial charge in [-0.2, -0.15) is 0 Å². The Labute approximate surface area is 79.1 Å². The minimum Gasteiger partial charge on any atom is -0.476 e. The third kappa shape index (κ3) is 1.37. The van der Waals surface area contributed by atoms with Crippen LogP contribution < -0.4 is 0 Å². The lowest BCUT2D eigenvalue weighted by molar-refractivity contribution is -0.390. The average Bonchev–Trinajstić information content (AvgIpc) is 2.30. The third-order valence-corrected chi connectivity index (χ3v) is 2.10. The molecule has 2 N–H and O–H groups in total. The summed E-state index contributed by atoms with van der Waals surface area (Å²) in [7, 11) is 0. The maximum atomic E-state index is 10.3. The fraction of sp³-hybridized carbons (Fsp3) is 0. The molecule has 12 heavy (non-hydrogen) atoms. The van der Waals surface area contributed by atoms with Gasteiger partial charge in [-0.15, -0.1) is 5.10 Å². The Kier molecular flexibility index (Phi) is 2.26. The van der Waals surface area contributed by atoms with Crippen molar-refractivity contribution in [2.75, 3.05) is 0 Å². The number of rotatable bonds is 2. The zero-order valence-corrected chi connectivity index (χ0v) is 7.60. The van der Waals surface area contributed by atoms with Gasteiger partial charge < -0.3 is 15.2 Å². The van der Waals surface area contributed by atoms with Crippen molar-refractivity contribution in [2.24, 2.45) is 0 Å². The molecule has 0 aliphatic carbocycles. The summed E-state index contributed by atoms with van der Waals surface area (Å²) in [5, 5.41) is 23.9. The molecule has 8 heteroatoms. The summed E-state index contributed by atoms with van der Waals surface area (Å²) in [5.74, 6) is -1.68. The molecule has 0 unspecified atom stereocenters. The molecule has 0 saturated heterocycles. The first-order valence-corrected chi connectivity index (χ1v) is 3.73. The highest BCUT2D eigenvalue weighted by atomic mass is 127. The Morgan fingerprint density at radius 1 is 1.75 bits per heavy atom. The topological polar surface area (TPSA) is 109 Å². The van der Waals surface area contributed by atoms with Gasteiger partial charge in [0.05, 0.1) is 0 Å². The molecule has 1 aromatic rings. The van der Waals surface area contributed by atoms with Crippen molar-refractivity contribution in [1.82, 2.24) is 10.2 Å². The number of hydrogen-bond acceptors (Lipinski definition) is 4. The molecule has 0 amide bonds. The zero-order chi connectivity index (χ0) is 9.30. The van der Waals surface area contributed by atoms with Crippen LogP contribution in [-0.2, 0) is 0 Å². The largest absolute Gasteiger partial charge is 0.476 e. The van der Waals surface area contributed by atoms with E-state index in [4.69, 9.17) is 5.11 Å². The maximum Gasteiger partial charge on any atom is 0.359 e. The number of carboxylic acid groups (broad SMARTS) is 1. The number of carbonyl (C=O) groups is 1. The Morgan fingerprint density at radius 3 is 2.58 bits per heavy atom. The monoisotopic (exact) mass is 283 g/mol. The van der Waals surface area contributed by atoms with Gasteiger partial charge in [0.15, 0.2) is 0 Å². The van der Waals surface area contributed by atoms with Gasteiger partial charge in [0.25, 0.3) is 0 Å². The molecule has 0 aliphatic heterocycles. The molecule has 0 spiro atoms. The zero-order valence-electron chi connectivity index (χ0n) is 5.44. The van der Waals surface area contributed by atoms with Crippen molar-refractivity contribution in [3.05, 3.63) is 19.4 Å². The highest BCUT2D eigenvalue weighted by Crippen LogP contribution is 2.20. The fourth-order valence-electron chi connectivity index (χ4n) is 0.582. The lowest BCUT2D eigenvalue weighted by atomic mass is 10.4. The van der Waals surface area contributed by atoms with Crippen molar-refractivity contribution in [3.8, 4) is 0 Å². The highest BCUT2D eigenvalue weighted by molar-refractivity contribution is 14.1. The van der Waals surface area contributed by atoms with E-state index in [2.05, 4.69) is 5.10 Å². The second-order valence-electron chi connectivity index (χ2n) is 1.80. The van der Waals surface area contributed by atoms with Crippen LogP contribution in [0.15, 0.2) is 0 Å². The van der Waals surface area contributed by atoms with Crippen molar-refractivity contribution < 1.29 is 14.8 Å². The smallest absolute Gasteiger partial charge is 0.359 e. The predicted molar refractivity (Wildman–Crippen MR) is 44.9 cm³/mol. The minimum absolute atomic E-state index is 0.00472. The molecule has 7 nitrogen and oxygen atoms in total. The van der Waals surface area contributed by atoms with E-state index in [9.17, 15) is 14.9 Å². The van der Waals surface area contributed by atoms with Gasteiger partial charge in [-0.1, -0.05) is 5.10 Å². The number of aromatic nitrogens is 2. The van der Waals surface area contributed by atoms with Crippen LogP contribution in [0.2, 0.25) is 0 Å². The van der Waals surface area contributed by atoms with Gasteiger partial charge in [0, 0.05) is 0 Å². The first kappa shape index (κ1) is 8.90. The predicted octanol–water partition coefficient (Wildman–Crippen LogP) is 0.621. The second-order valence-corrected chi connectivity index (χ2v) is 2.88. The first-order chi connectivity index (χ1) is 5.54. The van der Waals surface area contributed by atoms with Crippen molar-refractivity contribution in [3.63, 3.8) is 0 Å². The van der Waals surface area contributed by atoms with E-state index < -0.39 is 16.7 Å². The van der Waals surface area contributed by atoms with E-state index in [-0.39, 0.29) is 9.26 Å². The van der Waals surface area contributed by atoms with Crippen LogP contribution in [0.4, 0.5) is 5.82 Å². The average molecular weight is 283 g/mol. The fourth-order valence-corrected chi connectivity index (χ4v) is 1.25. The molecule has 0 aliphatic rings. The summed E-state index contributed by atoms with van der Waals surface area (Å²) < 4.78 is 0.00472. The molecule has 0 aromatic carbocycles. The van der Waals surface area contributed by atoms with Gasteiger partial charge in [0.1, 0.15) is 3.57 Å². The summed E-state index contributed by atoms with van der Waals surface area (Å²) in [4.78, 5) is 19.8. The third-order valence-electron chi connectivity index (χ3n) is 1.07. The molecule has 1 aromatic heterocycles. The van der Waals surface area contributed by atoms with E-state index in [1.807, 2.05) is 5.10 Å². The van der Waals surface area contributed by atoms with E-state index in [1.165, 1.54) is 0 Å². The molecule has 64 valence electrons. The number of nitro groups is 1. The Hall–Kier alpha value is -1.19. The van der Waals surface area contributed by atoms with Crippen LogP contribution >= 0.6 is 22.6 Å². The standard InChI is InChI=1S/C4H2IN3O4/c5-1-2(4(9)10)6-7-3(1)8(11)12/h(H,6,7)(H,9,10). The van der Waals surface area contributed by atoms with Crippen LogP contribution in [0, 0.1) is 13.7 Å². The molecule has 0 radical (unpaired) electrons. The lowest BCUT2D eigenvalue weighted by Crippen LogP contribution is -1.99. The van der Waals surface area contributed by atoms with Gasteiger partial charge in [-0.25, -0.2) is 4.79 Å². The SMILES string of the molecule is O=C(O)c1n[nH]c([N+](=O)[O-])c1I. The lowest BCUT2D eigenvalue weighted by Gasteiger charge is -1.88. The van der Waals surface area contributed by atoms with Gasteiger partial charge in [-0.3, -0.25) is 0 Å². The molecule has 0 bridgehead atoms. The molecule has 0 saturated carbocycles. The number of aromatic amines is 1. The Bertz CT molecular complexity index is 315. The van der Waals surface area contributed by atoms with Crippen LogP contribution in [0.1, 0.15) is 10.5 Å². The van der Waals surface area contributed by atoms with Gasteiger partial charge in [0.2, 0.25) is 5.69 Å². The van der Waals surface area contributed by atoms with Crippen molar-refractivity contribution in [1.29, 1.82) is 0 Å². The number of nitrogens with zero attached hydrogens (tertiary/aromatic N) is 2. The van der Waals surface area contributed by atoms with E-state index >= 15 is 0 Å². The molecule has 1 heterocycles.